The van der Waals surface area contributed by atoms with E-state index < -0.39 is 0 Å². The number of imidazole rings is 1. The van der Waals surface area contributed by atoms with Crippen LogP contribution in [-0.2, 0) is 11.3 Å². The summed E-state index contributed by atoms with van der Waals surface area (Å²) in [6, 6.07) is 9.63. The zero-order valence-corrected chi connectivity index (χ0v) is 15.5. The Labute approximate surface area is 158 Å². The molecule has 4 rings (SSSR count). The van der Waals surface area contributed by atoms with Crippen molar-refractivity contribution in [1.82, 2.24) is 24.5 Å². The van der Waals surface area contributed by atoms with E-state index in [0.29, 0.717) is 29.0 Å². The van der Waals surface area contributed by atoms with Gasteiger partial charge in [0.2, 0.25) is 0 Å². The molecular formula is C17H17BrN6O2. The van der Waals surface area contributed by atoms with E-state index in [1.165, 1.54) is 6.33 Å². The number of aromatic nitrogens is 4. The first-order valence-electron chi connectivity index (χ1n) is 8.23. The van der Waals surface area contributed by atoms with Gasteiger partial charge in [-0.25, -0.2) is 19.3 Å². The molecule has 0 spiro atoms. The number of hydrogen-bond acceptors (Lipinski definition) is 6. The molecule has 1 atom stereocenters. The SMILES string of the molecule is Nc1ncnn2c([C@H]3CCN(C(=O)OCc4ccccc4)C3)nc(Br)c12. The molecule has 1 aromatic carbocycles. The van der Waals surface area contributed by atoms with E-state index in [2.05, 4.69) is 31.0 Å². The molecule has 0 saturated carbocycles. The summed E-state index contributed by atoms with van der Waals surface area (Å²) in [4.78, 5) is 22.6. The van der Waals surface area contributed by atoms with Crippen molar-refractivity contribution in [3.63, 3.8) is 0 Å². The molecule has 1 aliphatic rings. The molecular weight excluding hydrogens is 400 g/mol. The van der Waals surface area contributed by atoms with Gasteiger partial charge in [0, 0.05) is 19.0 Å². The standard InChI is InChI=1S/C17H17BrN6O2/c18-14-13-15(19)20-10-21-24(13)16(22-14)12-6-7-23(8-12)17(25)26-9-11-4-2-1-3-5-11/h1-5,10,12H,6-9H2,(H2,19,20,21)/t12-/m0/s1. The fourth-order valence-electron chi connectivity index (χ4n) is 3.15. The zero-order chi connectivity index (χ0) is 18.1. The van der Waals surface area contributed by atoms with E-state index in [0.717, 1.165) is 17.8 Å². The number of anilines is 1. The maximum absolute atomic E-state index is 12.3. The summed E-state index contributed by atoms with van der Waals surface area (Å²) in [6.07, 6.45) is 1.88. The smallest absolute Gasteiger partial charge is 0.410 e. The third-order valence-electron chi connectivity index (χ3n) is 4.46. The van der Waals surface area contributed by atoms with Crippen LogP contribution in [-0.4, -0.2) is 43.7 Å². The van der Waals surface area contributed by atoms with Crippen LogP contribution in [0.3, 0.4) is 0 Å². The van der Waals surface area contributed by atoms with E-state index in [1.807, 2.05) is 30.3 Å². The lowest BCUT2D eigenvalue weighted by Crippen LogP contribution is -2.29. The highest BCUT2D eigenvalue weighted by Crippen LogP contribution is 2.31. The number of carbonyl (C=O) groups excluding carboxylic acids is 1. The van der Waals surface area contributed by atoms with Gasteiger partial charge in [-0.1, -0.05) is 30.3 Å². The molecule has 8 nitrogen and oxygen atoms in total. The molecule has 1 aliphatic heterocycles. The minimum atomic E-state index is -0.314. The van der Waals surface area contributed by atoms with Gasteiger partial charge in [-0.2, -0.15) is 5.10 Å². The predicted octanol–water partition coefficient (Wildman–Crippen LogP) is 2.60. The van der Waals surface area contributed by atoms with Crippen molar-refractivity contribution >= 4 is 33.4 Å². The Morgan fingerprint density at radius 3 is 2.96 bits per heavy atom. The van der Waals surface area contributed by atoms with Crippen molar-refractivity contribution in [2.45, 2.75) is 18.9 Å². The van der Waals surface area contributed by atoms with E-state index in [4.69, 9.17) is 10.5 Å². The van der Waals surface area contributed by atoms with Crippen LogP contribution in [0.5, 0.6) is 0 Å². The van der Waals surface area contributed by atoms with Crippen molar-refractivity contribution in [3.8, 4) is 0 Å². The lowest BCUT2D eigenvalue weighted by atomic mass is 10.1. The number of benzene rings is 1. The highest BCUT2D eigenvalue weighted by molar-refractivity contribution is 9.10. The van der Waals surface area contributed by atoms with Crippen LogP contribution in [0.2, 0.25) is 0 Å². The normalized spacial score (nSPS) is 17.0. The Morgan fingerprint density at radius 1 is 1.35 bits per heavy atom. The Hall–Kier alpha value is -2.68. The molecule has 0 bridgehead atoms. The zero-order valence-electron chi connectivity index (χ0n) is 13.9. The number of halogens is 1. The van der Waals surface area contributed by atoms with Crippen molar-refractivity contribution in [1.29, 1.82) is 0 Å². The van der Waals surface area contributed by atoms with Crippen LogP contribution in [0, 0.1) is 0 Å². The van der Waals surface area contributed by atoms with E-state index in [1.54, 1.807) is 9.42 Å². The summed E-state index contributed by atoms with van der Waals surface area (Å²) < 4.78 is 7.71. The van der Waals surface area contributed by atoms with Gasteiger partial charge >= 0.3 is 6.09 Å². The number of nitrogens with two attached hydrogens (primary N) is 1. The number of hydrogen-bond donors (Lipinski definition) is 1. The summed E-state index contributed by atoms with van der Waals surface area (Å²) >= 11 is 3.41. The second kappa shape index (κ2) is 6.91. The Balaban J connectivity index is 1.45. The average molecular weight is 417 g/mol. The fourth-order valence-corrected chi connectivity index (χ4v) is 3.70. The van der Waals surface area contributed by atoms with Gasteiger partial charge in [0.1, 0.15) is 28.9 Å². The van der Waals surface area contributed by atoms with Crippen molar-refractivity contribution in [3.05, 3.63) is 52.7 Å². The largest absolute Gasteiger partial charge is 0.445 e. The minimum absolute atomic E-state index is 0.0624. The lowest BCUT2D eigenvalue weighted by Gasteiger charge is -2.16. The number of amides is 1. The van der Waals surface area contributed by atoms with Crippen LogP contribution in [0.4, 0.5) is 10.6 Å². The number of fused-ring (bicyclic) bond motifs is 1. The van der Waals surface area contributed by atoms with Gasteiger partial charge in [0.05, 0.1) is 0 Å². The summed E-state index contributed by atoms with van der Waals surface area (Å²) in [5.74, 6) is 1.19. The first kappa shape index (κ1) is 16.8. The van der Waals surface area contributed by atoms with Crippen LogP contribution in [0.25, 0.3) is 5.52 Å². The third kappa shape index (κ3) is 3.10. The first-order chi connectivity index (χ1) is 12.6. The Kier molecular flexibility index (Phi) is 4.46. The van der Waals surface area contributed by atoms with E-state index >= 15 is 0 Å². The van der Waals surface area contributed by atoms with Crippen molar-refractivity contribution in [2.75, 3.05) is 18.8 Å². The average Bonchev–Trinajstić information content (AvgIpc) is 3.26. The molecule has 9 heteroatoms. The molecule has 3 heterocycles. The second-order valence-corrected chi connectivity index (χ2v) is 6.89. The fraction of sp³-hybridized carbons (Fsp3) is 0.294. The van der Waals surface area contributed by atoms with Gasteiger partial charge in [-0.15, -0.1) is 0 Å². The Bertz CT molecular complexity index is 945. The lowest BCUT2D eigenvalue weighted by molar-refractivity contribution is 0.104. The molecule has 134 valence electrons. The highest BCUT2D eigenvalue weighted by Gasteiger charge is 2.32. The van der Waals surface area contributed by atoms with Crippen LogP contribution >= 0.6 is 15.9 Å². The molecule has 26 heavy (non-hydrogen) atoms. The summed E-state index contributed by atoms with van der Waals surface area (Å²) in [5, 5.41) is 4.25. The molecule has 3 aromatic rings. The maximum atomic E-state index is 12.3. The maximum Gasteiger partial charge on any atom is 0.410 e. The number of ether oxygens (including phenoxy) is 1. The molecule has 1 amide bonds. The van der Waals surface area contributed by atoms with Crippen LogP contribution in [0.1, 0.15) is 23.7 Å². The molecule has 1 fully saturated rings. The number of likely N-dealkylation sites (tertiary alicyclic amines) is 1. The van der Waals surface area contributed by atoms with E-state index in [9.17, 15) is 4.79 Å². The molecule has 0 radical (unpaired) electrons. The first-order valence-corrected chi connectivity index (χ1v) is 9.03. The quantitative estimate of drug-likeness (QED) is 0.704. The van der Waals surface area contributed by atoms with Gasteiger partial charge < -0.3 is 15.4 Å². The number of nitrogen functional groups attached to an aromatic ring is 1. The molecule has 0 unspecified atom stereocenters. The summed E-state index contributed by atoms with van der Waals surface area (Å²) in [7, 11) is 0. The second-order valence-electron chi connectivity index (χ2n) is 6.14. The highest BCUT2D eigenvalue weighted by atomic mass is 79.9. The number of nitrogens with zero attached hydrogens (tertiary/aromatic N) is 5. The topological polar surface area (TPSA) is 98.6 Å². The van der Waals surface area contributed by atoms with Crippen LogP contribution < -0.4 is 5.73 Å². The minimum Gasteiger partial charge on any atom is -0.445 e. The third-order valence-corrected chi connectivity index (χ3v) is 5.01. The van der Waals surface area contributed by atoms with Crippen molar-refractivity contribution < 1.29 is 9.53 Å². The summed E-state index contributed by atoms with van der Waals surface area (Å²) in [5.41, 5.74) is 7.52. The van der Waals surface area contributed by atoms with Gasteiger partial charge in [-0.05, 0) is 27.9 Å². The van der Waals surface area contributed by atoms with Crippen LogP contribution in [0.15, 0.2) is 41.3 Å². The number of carbonyl (C=O) groups is 1. The molecule has 0 aliphatic carbocycles. The summed E-state index contributed by atoms with van der Waals surface area (Å²) in [6.45, 7) is 1.41. The Morgan fingerprint density at radius 2 is 2.15 bits per heavy atom. The molecule has 1 saturated heterocycles. The molecule has 2 aromatic heterocycles. The number of rotatable bonds is 3. The van der Waals surface area contributed by atoms with Gasteiger partial charge in [0.25, 0.3) is 0 Å². The van der Waals surface area contributed by atoms with E-state index in [-0.39, 0.29) is 18.6 Å². The molecule has 2 N–H and O–H groups in total. The predicted molar refractivity (Wildman–Crippen MR) is 98.5 cm³/mol. The van der Waals surface area contributed by atoms with Gasteiger partial charge in [-0.3, -0.25) is 0 Å². The monoisotopic (exact) mass is 416 g/mol. The van der Waals surface area contributed by atoms with Crippen molar-refractivity contribution in [2.24, 2.45) is 0 Å². The van der Waals surface area contributed by atoms with Gasteiger partial charge in [0.15, 0.2) is 5.82 Å².